The Kier molecular flexibility index (Phi) is 5.04. The number of ether oxygens (including phenoxy) is 1. The molecule has 4 rings (SSSR count). The van der Waals surface area contributed by atoms with Gasteiger partial charge in [-0.3, -0.25) is 9.59 Å². The average Bonchev–Trinajstić information content (AvgIpc) is 2.75. The summed E-state index contributed by atoms with van der Waals surface area (Å²) in [4.78, 5) is 34.8. The van der Waals surface area contributed by atoms with Crippen molar-refractivity contribution >= 4 is 5.91 Å². The molecule has 0 saturated heterocycles. The van der Waals surface area contributed by atoms with Gasteiger partial charge in [-0.1, -0.05) is 60.7 Å². The number of carbonyl (C=O) groups is 1. The number of fused-ring (bicyclic) bond motifs is 1. The molecule has 0 aliphatic carbocycles. The molecule has 0 unspecified atom stereocenters. The molecule has 1 amide bonds. The number of rotatable bonds is 4. The van der Waals surface area contributed by atoms with Gasteiger partial charge in [-0.05, 0) is 12.0 Å². The number of aromatic nitrogens is 2. The lowest BCUT2D eigenvalue weighted by molar-refractivity contribution is -0.143. The largest absolute Gasteiger partial charge is 0.367 e. The smallest absolute Gasteiger partial charge is 0.256 e. The number of aromatic amines is 1. The lowest BCUT2D eigenvalue weighted by Crippen LogP contribution is -2.41. The highest BCUT2D eigenvalue weighted by Gasteiger charge is 2.30. The zero-order valence-corrected chi connectivity index (χ0v) is 15.6. The quantitative estimate of drug-likeness (QED) is 0.761. The van der Waals surface area contributed by atoms with Crippen LogP contribution in [0, 0.1) is 0 Å². The zero-order chi connectivity index (χ0) is 19.5. The first-order valence-corrected chi connectivity index (χ1v) is 9.21. The number of methoxy groups -OCH3 is 1. The molecule has 1 aliphatic rings. The fourth-order valence-electron chi connectivity index (χ4n) is 3.53. The van der Waals surface area contributed by atoms with Gasteiger partial charge in [0.2, 0.25) is 0 Å². The number of hydrogen-bond acceptors (Lipinski definition) is 4. The lowest BCUT2D eigenvalue weighted by Gasteiger charge is -2.30. The van der Waals surface area contributed by atoms with Crippen molar-refractivity contribution in [2.75, 3.05) is 13.7 Å². The minimum absolute atomic E-state index is 0.123. The summed E-state index contributed by atoms with van der Waals surface area (Å²) in [5.41, 5.74) is 2.80. The van der Waals surface area contributed by atoms with Gasteiger partial charge in [0.1, 0.15) is 5.82 Å². The van der Waals surface area contributed by atoms with Crippen molar-refractivity contribution in [2.45, 2.75) is 19.1 Å². The molecule has 1 N–H and O–H groups in total. The number of amides is 1. The number of nitrogens with zero attached hydrogens (tertiary/aromatic N) is 2. The third-order valence-corrected chi connectivity index (χ3v) is 4.99. The molecule has 0 saturated carbocycles. The zero-order valence-electron chi connectivity index (χ0n) is 15.6. The number of benzene rings is 2. The standard InChI is InChI=1S/C22H21N3O3/c1-28-19(15-8-4-2-5-9-15)22(27)25-13-12-17-18(14-25)23-20(24-21(17)26)16-10-6-3-7-11-16/h2-11,19H,12-14H2,1H3,(H,23,24,26)/t19-/m0/s1. The Morgan fingerprint density at radius 3 is 2.46 bits per heavy atom. The first kappa shape index (κ1) is 18.1. The van der Waals surface area contributed by atoms with Crippen molar-refractivity contribution < 1.29 is 9.53 Å². The van der Waals surface area contributed by atoms with E-state index in [2.05, 4.69) is 9.97 Å². The van der Waals surface area contributed by atoms with E-state index in [-0.39, 0.29) is 11.5 Å². The van der Waals surface area contributed by atoms with Crippen molar-refractivity contribution in [1.29, 1.82) is 0 Å². The Labute approximate surface area is 162 Å². The fourth-order valence-corrected chi connectivity index (χ4v) is 3.53. The molecule has 0 radical (unpaired) electrons. The first-order valence-electron chi connectivity index (χ1n) is 9.21. The maximum absolute atomic E-state index is 13.1. The lowest BCUT2D eigenvalue weighted by atomic mass is 10.0. The van der Waals surface area contributed by atoms with E-state index in [1.807, 2.05) is 60.7 Å². The second-order valence-corrected chi connectivity index (χ2v) is 6.74. The molecule has 2 heterocycles. The summed E-state index contributed by atoms with van der Waals surface area (Å²) in [6.45, 7) is 0.762. The number of carbonyl (C=O) groups excluding carboxylic acids is 1. The highest BCUT2D eigenvalue weighted by Crippen LogP contribution is 2.24. The van der Waals surface area contributed by atoms with Crippen molar-refractivity contribution in [3.63, 3.8) is 0 Å². The van der Waals surface area contributed by atoms with Crippen molar-refractivity contribution in [1.82, 2.24) is 14.9 Å². The predicted molar refractivity (Wildman–Crippen MR) is 106 cm³/mol. The Bertz CT molecular complexity index is 1030. The van der Waals surface area contributed by atoms with Gasteiger partial charge in [-0.15, -0.1) is 0 Å². The summed E-state index contributed by atoms with van der Waals surface area (Å²) in [7, 11) is 1.53. The van der Waals surface area contributed by atoms with Gasteiger partial charge in [0, 0.05) is 24.8 Å². The van der Waals surface area contributed by atoms with Crippen LogP contribution in [0.3, 0.4) is 0 Å². The Balaban J connectivity index is 1.63. The molecule has 0 fully saturated rings. The van der Waals surface area contributed by atoms with Gasteiger partial charge in [0.25, 0.3) is 11.5 Å². The summed E-state index contributed by atoms with van der Waals surface area (Å²) < 4.78 is 5.48. The van der Waals surface area contributed by atoms with E-state index in [0.29, 0.717) is 36.6 Å². The van der Waals surface area contributed by atoms with Crippen molar-refractivity contribution in [2.24, 2.45) is 0 Å². The minimum Gasteiger partial charge on any atom is -0.367 e. The van der Waals surface area contributed by atoms with Crippen LogP contribution in [0.25, 0.3) is 11.4 Å². The second kappa shape index (κ2) is 7.78. The van der Waals surface area contributed by atoms with Crippen LogP contribution < -0.4 is 5.56 Å². The second-order valence-electron chi connectivity index (χ2n) is 6.74. The van der Waals surface area contributed by atoms with Crippen LogP contribution in [-0.2, 0) is 22.5 Å². The number of nitrogens with one attached hydrogen (secondary N) is 1. The van der Waals surface area contributed by atoms with Gasteiger partial charge in [0.05, 0.1) is 12.2 Å². The average molecular weight is 375 g/mol. The van der Waals surface area contributed by atoms with Crippen LogP contribution in [0.2, 0.25) is 0 Å². The third kappa shape index (κ3) is 3.46. The molecule has 6 nitrogen and oxygen atoms in total. The Hall–Kier alpha value is -3.25. The minimum atomic E-state index is -0.668. The molecule has 0 spiro atoms. The molecule has 6 heteroatoms. The molecule has 1 aromatic heterocycles. The summed E-state index contributed by atoms with van der Waals surface area (Å²) in [6, 6.07) is 18.9. The highest BCUT2D eigenvalue weighted by atomic mass is 16.5. The molecule has 1 aliphatic heterocycles. The maximum Gasteiger partial charge on any atom is 0.256 e. The monoisotopic (exact) mass is 375 g/mol. The van der Waals surface area contributed by atoms with Crippen LogP contribution in [-0.4, -0.2) is 34.4 Å². The van der Waals surface area contributed by atoms with Crippen LogP contribution >= 0.6 is 0 Å². The van der Waals surface area contributed by atoms with Crippen LogP contribution in [0.1, 0.15) is 22.9 Å². The predicted octanol–water partition coefficient (Wildman–Crippen LogP) is 2.71. The van der Waals surface area contributed by atoms with E-state index in [0.717, 1.165) is 11.1 Å². The van der Waals surface area contributed by atoms with Crippen molar-refractivity contribution in [3.8, 4) is 11.4 Å². The molecule has 3 aromatic rings. The molecule has 0 bridgehead atoms. The van der Waals surface area contributed by atoms with Crippen molar-refractivity contribution in [3.05, 3.63) is 87.8 Å². The molecular formula is C22H21N3O3. The van der Waals surface area contributed by atoms with Gasteiger partial charge in [0.15, 0.2) is 6.10 Å². The van der Waals surface area contributed by atoms with E-state index in [4.69, 9.17) is 4.74 Å². The van der Waals surface area contributed by atoms with Gasteiger partial charge < -0.3 is 14.6 Å². The van der Waals surface area contributed by atoms with Gasteiger partial charge >= 0.3 is 0 Å². The fraction of sp³-hybridized carbons (Fsp3) is 0.227. The molecular weight excluding hydrogens is 354 g/mol. The van der Waals surface area contributed by atoms with E-state index in [9.17, 15) is 9.59 Å². The molecule has 1 atom stereocenters. The topological polar surface area (TPSA) is 75.3 Å². The maximum atomic E-state index is 13.1. The third-order valence-electron chi connectivity index (χ3n) is 4.99. The van der Waals surface area contributed by atoms with E-state index in [1.165, 1.54) is 7.11 Å². The van der Waals surface area contributed by atoms with E-state index < -0.39 is 6.10 Å². The van der Waals surface area contributed by atoms with Crippen LogP contribution in [0.4, 0.5) is 0 Å². The Morgan fingerprint density at radius 1 is 1.11 bits per heavy atom. The van der Waals surface area contributed by atoms with Crippen LogP contribution in [0.15, 0.2) is 65.5 Å². The molecule has 2 aromatic carbocycles. The van der Waals surface area contributed by atoms with Gasteiger partial charge in [-0.25, -0.2) is 4.98 Å². The normalized spacial score (nSPS) is 14.4. The highest BCUT2D eigenvalue weighted by molar-refractivity contribution is 5.82. The first-order chi connectivity index (χ1) is 13.7. The summed E-state index contributed by atoms with van der Waals surface area (Å²) in [6.07, 6.45) is -0.192. The summed E-state index contributed by atoms with van der Waals surface area (Å²) in [5.74, 6) is 0.396. The van der Waals surface area contributed by atoms with Gasteiger partial charge in [-0.2, -0.15) is 0 Å². The molecule has 28 heavy (non-hydrogen) atoms. The van der Waals surface area contributed by atoms with E-state index in [1.54, 1.807) is 4.90 Å². The number of H-pyrrole nitrogens is 1. The Morgan fingerprint density at radius 2 is 1.79 bits per heavy atom. The van der Waals surface area contributed by atoms with Crippen LogP contribution in [0.5, 0.6) is 0 Å². The number of hydrogen-bond donors (Lipinski definition) is 1. The summed E-state index contributed by atoms with van der Waals surface area (Å²) >= 11 is 0. The SMILES string of the molecule is CO[C@H](C(=O)N1CCc2c(nc(-c3ccccc3)[nH]c2=O)C1)c1ccccc1. The molecule has 142 valence electrons. The summed E-state index contributed by atoms with van der Waals surface area (Å²) in [5, 5.41) is 0. The van der Waals surface area contributed by atoms with E-state index >= 15 is 0 Å².